The molecule has 2 aliphatic rings. The molecule has 0 radical (unpaired) electrons. The van der Waals surface area contributed by atoms with Crippen molar-refractivity contribution in [1.82, 2.24) is 15.1 Å². The van der Waals surface area contributed by atoms with Gasteiger partial charge in [-0.15, -0.1) is 10.2 Å². The summed E-state index contributed by atoms with van der Waals surface area (Å²) >= 11 is 0. The van der Waals surface area contributed by atoms with Gasteiger partial charge in [0.15, 0.2) is 11.6 Å². The minimum Gasteiger partial charge on any atom is -0.497 e. The zero-order chi connectivity index (χ0) is 20.8. The minimum atomic E-state index is 0.219. The molecule has 0 atom stereocenters. The average molecular weight is 410 g/mol. The normalized spacial score (nSPS) is 17.2. The molecule has 0 saturated carbocycles. The van der Waals surface area contributed by atoms with Crippen LogP contribution in [0, 0.1) is 0 Å². The van der Waals surface area contributed by atoms with Gasteiger partial charge in [0.1, 0.15) is 5.75 Å². The lowest BCUT2D eigenvalue weighted by Crippen LogP contribution is -2.49. The Balaban J connectivity index is 1.24. The molecule has 2 aliphatic heterocycles. The summed E-state index contributed by atoms with van der Waals surface area (Å²) in [7, 11) is 1.66. The van der Waals surface area contributed by atoms with Crippen LogP contribution in [-0.4, -0.2) is 67.4 Å². The third kappa shape index (κ3) is 5.01. The number of piperidine rings is 1. The summed E-state index contributed by atoms with van der Waals surface area (Å²) in [6.07, 6.45) is 5.07. The van der Waals surface area contributed by atoms with Gasteiger partial charge in [0.2, 0.25) is 5.91 Å². The maximum atomic E-state index is 12.6. The van der Waals surface area contributed by atoms with Crippen molar-refractivity contribution < 1.29 is 9.53 Å². The first-order valence-electron chi connectivity index (χ1n) is 11.0. The van der Waals surface area contributed by atoms with Gasteiger partial charge in [-0.05, 0) is 55.5 Å². The second kappa shape index (κ2) is 9.78. The molecule has 1 aromatic heterocycles. The van der Waals surface area contributed by atoms with Crippen LogP contribution < -0.4 is 14.5 Å². The number of ether oxygens (including phenoxy) is 1. The third-order valence-electron chi connectivity index (χ3n) is 6.06. The summed E-state index contributed by atoms with van der Waals surface area (Å²) in [5.74, 6) is 2.94. The topological polar surface area (TPSA) is 61.8 Å². The van der Waals surface area contributed by atoms with E-state index in [0.717, 1.165) is 68.6 Å². The molecule has 7 nitrogen and oxygen atoms in total. The first kappa shape index (κ1) is 20.4. The Labute approximate surface area is 178 Å². The number of nitrogens with zero attached hydrogens (tertiary/aromatic N) is 5. The van der Waals surface area contributed by atoms with E-state index >= 15 is 0 Å². The third-order valence-corrected chi connectivity index (χ3v) is 6.06. The van der Waals surface area contributed by atoms with Crippen LogP contribution in [0.25, 0.3) is 0 Å². The molecule has 0 unspecified atom stereocenters. The van der Waals surface area contributed by atoms with Crippen molar-refractivity contribution in [2.45, 2.75) is 32.1 Å². The lowest BCUT2D eigenvalue weighted by atomic mass is 10.1. The molecule has 0 spiro atoms. The summed E-state index contributed by atoms with van der Waals surface area (Å²) in [6, 6.07) is 12.1. The van der Waals surface area contributed by atoms with Crippen LogP contribution in [0.3, 0.4) is 0 Å². The molecule has 1 amide bonds. The van der Waals surface area contributed by atoms with E-state index in [2.05, 4.69) is 32.1 Å². The number of hydrogen-bond donors (Lipinski definition) is 0. The van der Waals surface area contributed by atoms with Gasteiger partial charge in [-0.25, -0.2) is 0 Å². The van der Waals surface area contributed by atoms with Gasteiger partial charge in [0.25, 0.3) is 0 Å². The number of carbonyl (C=O) groups excluding carboxylic acids is 1. The molecule has 160 valence electrons. The summed E-state index contributed by atoms with van der Waals surface area (Å²) in [6.45, 7) is 5.21. The van der Waals surface area contributed by atoms with E-state index in [4.69, 9.17) is 4.74 Å². The first-order valence-corrected chi connectivity index (χ1v) is 11.0. The fraction of sp³-hybridized carbons (Fsp3) is 0.522. The Kier molecular flexibility index (Phi) is 6.67. The van der Waals surface area contributed by atoms with Gasteiger partial charge < -0.3 is 19.4 Å². The van der Waals surface area contributed by atoms with Crippen LogP contribution in [0.2, 0.25) is 0 Å². The largest absolute Gasteiger partial charge is 0.497 e. The number of benzene rings is 1. The van der Waals surface area contributed by atoms with Crippen LogP contribution in [0.4, 0.5) is 11.6 Å². The van der Waals surface area contributed by atoms with Crippen LogP contribution >= 0.6 is 0 Å². The van der Waals surface area contributed by atoms with Crippen molar-refractivity contribution >= 4 is 17.5 Å². The minimum absolute atomic E-state index is 0.219. The summed E-state index contributed by atoms with van der Waals surface area (Å²) < 4.78 is 5.18. The van der Waals surface area contributed by atoms with Crippen LogP contribution in [0.5, 0.6) is 5.75 Å². The molecular weight excluding hydrogens is 378 g/mol. The summed E-state index contributed by atoms with van der Waals surface area (Å²) in [4.78, 5) is 19.1. The van der Waals surface area contributed by atoms with Gasteiger partial charge in [0, 0.05) is 45.7 Å². The summed E-state index contributed by atoms with van der Waals surface area (Å²) in [5, 5.41) is 8.91. The van der Waals surface area contributed by atoms with Crippen molar-refractivity contribution in [2.75, 3.05) is 56.2 Å². The van der Waals surface area contributed by atoms with Crippen molar-refractivity contribution in [2.24, 2.45) is 0 Å². The maximum absolute atomic E-state index is 12.6. The highest BCUT2D eigenvalue weighted by Gasteiger charge is 2.22. The Hall–Kier alpha value is -2.83. The highest BCUT2D eigenvalue weighted by atomic mass is 16.5. The van der Waals surface area contributed by atoms with E-state index < -0.39 is 0 Å². The molecular formula is C23H31N5O2. The fourth-order valence-electron chi connectivity index (χ4n) is 4.17. The molecule has 30 heavy (non-hydrogen) atoms. The van der Waals surface area contributed by atoms with Crippen LogP contribution in [0.15, 0.2) is 36.4 Å². The quantitative estimate of drug-likeness (QED) is 0.731. The van der Waals surface area contributed by atoms with Crippen molar-refractivity contribution in [3.05, 3.63) is 42.0 Å². The smallest absolute Gasteiger partial charge is 0.223 e. The number of aromatic nitrogens is 2. The number of hydrogen-bond acceptors (Lipinski definition) is 6. The monoisotopic (exact) mass is 409 g/mol. The standard InChI is InChI=1S/C23H31N5O2/c1-30-20-8-5-19(6-9-20)7-12-23(29)28-17-15-27(16-18-28)22-11-10-21(24-25-22)26-13-3-2-4-14-26/h5-6,8-11H,2-4,7,12-18H2,1H3. The Morgan fingerprint density at radius 2 is 1.43 bits per heavy atom. The second-order valence-corrected chi connectivity index (χ2v) is 8.01. The molecule has 2 saturated heterocycles. The molecule has 2 aromatic rings. The van der Waals surface area contributed by atoms with E-state index in [1.165, 1.54) is 19.3 Å². The number of anilines is 2. The molecule has 7 heteroatoms. The zero-order valence-electron chi connectivity index (χ0n) is 17.8. The number of piperazine rings is 1. The van der Waals surface area contributed by atoms with E-state index in [1.54, 1.807) is 7.11 Å². The fourth-order valence-corrected chi connectivity index (χ4v) is 4.17. The molecule has 2 fully saturated rings. The number of amides is 1. The number of methoxy groups -OCH3 is 1. The summed E-state index contributed by atoms with van der Waals surface area (Å²) in [5.41, 5.74) is 1.16. The molecule has 0 aliphatic carbocycles. The second-order valence-electron chi connectivity index (χ2n) is 8.01. The van der Waals surface area contributed by atoms with Crippen LogP contribution in [-0.2, 0) is 11.2 Å². The zero-order valence-corrected chi connectivity index (χ0v) is 17.8. The van der Waals surface area contributed by atoms with Crippen molar-refractivity contribution in [3.8, 4) is 5.75 Å². The molecule has 4 rings (SSSR count). The lowest BCUT2D eigenvalue weighted by molar-refractivity contribution is -0.131. The highest BCUT2D eigenvalue weighted by Crippen LogP contribution is 2.20. The molecule has 3 heterocycles. The Morgan fingerprint density at radius 3 is 2.00 bits per heavy atom. The Bertz CT molecular complexity index is 810. The molecule has 0 bridgehead atoms. The van der Waals surface area contributed by atoms with Gasteiger partial charge >= 0.3 is 0 Å². The van der Waals surface area contributed by atoms with Gasteiger partial charge in [-0.3, -0.25) is 4.79 Å². The predicted molar refractivity (Wildman–Crippen MR) is 118 cm³/mol. The van der Waals surface area contributed by atoms with Crippen molar-refractivity contribution in [3.63, 3.8) is 0 Å². The van der Waals surface area contributed by atoms with Gasteiger partial charge in [-0.2, -0.15) is 0 Å². The lowest BCUT2D eigenvalue weighted by Gasteiger charge is -2.35. The maximum Gasteiger partial charge on any atom is 0.223 e. The average Bonchev–Trinajstić information content (AvgIpc) is 2.83. The van der Waals surface area contributed by atoms with E-state index in [1.807, 2.05) is 29.2 Å². The number of carbonyl (C=O) groups is 1. The van der Waals surface area contributed by atoms with E-state index in [0.29, 0.717) is 6.42 Å². The number of rotatable bonds is 6. The predicted octanol–water partition coefficient (Wildman–Crippen LogP) is 2.76. The highest BCUT2D eigenvalue weighted by molar-refractivity contribution is 5.76. The Morgan fingerprint density at radius 1 is 0.833 bits per heavy atom. The van der Waals surface area contributed by atoms with Gasteiger partial charge in [-0.1, -0.05) is 12.1 Å². The van der Waals surface area contributed by atoms with Gasteiger partial charge in [0.05, 0.1) is 7.11 Å². The molecule has 1 aromatic carbocycles. The first-order chi connectivity index (χ1) is 14.7. The van der Waals surface area contributed by atoms with Crippen molar-refractivity contribution in [1.29, 1.82) is 0 Å². The molecule has 0 N–H and O–H groups in total. The SMILES string of the molecule is COc1ccc(CCC(=O)N2CCN(c3ccc(N4CCCCC4)nn3)CC2)cc1. The van der Waals surface area contributed by atoms with E-state index in [-0.39, 0.29) is 5.91 Å². The van der Waals surface area contributed by atoms with E-state index in [9.17, 15) is 4.79 Å². The number of aryl methyl sites for hydroxylation is 1. The van der Waals surface area contributed by atoms with Crippen LogP contribution in [0.1, 0.15) is 31.2 Å².